The standard InChI is InChI=1S/C23H26Cl2N4O2/c1-2-29-15-18(21(23(29)31)27-13-9-16-7-11-26-12-8-16)22(30)28-10-3-4-17-5-6-19(24)20(25)14-17/h5-8,11-12,14,18H,2-4,9-10,13,15H2,1H3,(H,28,30). The maximum absolute atomic E-state index is 12.8. The predicted molar refractivity (Wildman–Crippen MR) is 124 cm³/mol. The normalized spacial score (nSPS) is 17.4. The Balaban J connectivity index is 1.54. The first-order chi connectivity index (χ1) is 15.0. The molecule has 1 aromatic heterocycles. The summed E-state index contributed by atoms with van der Waals surface area (Å²) in [7, 11) is 0. The predicted octanol–water partition coefficient (Wildman–Crippen LogP) is 3.60. The molecule has 0 spiro atoms. The summed E-state index contributed by atoms with van der Waals surface area (Å²) in [6.45, 7) is 3.82. The van der Waals surface area contributed by atoms with Gasteiger partial charge in [0.15, 0.2) is 0 Å². The quantitative estimate of drug-likeness (QED) is 0.580. The number of nitrogens with zero attached hydrogens (tertiary/aromatic N) is 3. The van der Waals surface area contributed by atoms with Crippen LogP contribution in [-0.4, -0.2) is 53.6 Å². The van der Waals surface area contributed by atoms with E-state index in [1.165, 1.54) is 0 Å². The molecule has 1 aromatic carbocycles. The molecule has 1 atom stereocenters. The number of benzene rings is 1. The molecule has 0 aliphatic carbocycles. The van der Waals surface area contributed by atoms with Gasteiger partial charge in [-0.1, -0.05) is 29.3 Å². The van der Waals surface area contributed by atoms with Gasteiger partial charge in [0.05, 0.1) is 10.0 Å². The zero-order valence-corrected chi connectivity index (χ0v) is 19.0. The third kappa shape index (κ3) is 6.28. The van der Waals surface area contributed by atoms with E-state index in [4.69, 9.17) is 23.2 Å². The fourth-order valence-electron chi connectivity index (χ4n) is 3.54. The Labute approximate surface area is 192 Å². The van der Waals surface area contributed by atoms with Crippen molar-refractivity contribution in [1.82, 2.24) is 15.2 Å². The summed E-state index contributed by atoms with van der Waals surface area (Å²) >= 11 is 12.0. The monoisotopic (exact) mass is 460 g/mol. The highest BCUT2D eigenvalue weighted by Crippen LogP contribution is 2.23. The molecule has 3 rings (SSSR count). The molecule has 164 valence electrons. The average Bonchev–Trinajstić information content (AvgIpc) is 3.10. The minimum Gasteiger partial charge on any atom is -0.355 e. The summed E-state index contributed by atoms with van der Waals surface area (Å²) in [5, 5.41) is 4.01. The van der Waals surface area contributed by atoms with Crippen LogP contribution in [0.1, 0.15) is 24.5 Å². The maximum atomic E-state index is 12.8. The minimum absolute atomic E-state index is 0.145. The number of halogens is 2. The first kappa shape index (κ1) is 23.2. The average molecular weight is 461 g/mol. The number of hydrogen-bond acceptors (Lipinski definition) is 4. The summed E-state index contributed by atoms with van der Waals surface area (Å²) in [6.07, 6.45) is 5.70. The zero-order chi connectivity index (χ0) is 22.2. The van der Waals surface area contributed by atoms with Gasteiger partial charge in [0.2, 0.25) is 5.91 Å². The van der Waals surface area contributed by atoms with Crippen molar-refractivity contribution in [3.05, 3.63) is 63.9 Å². The Morgan fingerprint density at radius 1 is 1.16 bits per heavy atom. The molecule has 1 aliphatic heterocycles. The molecule has 0 bridgehead atoms. The summed E-state index contributed by atoms with van der Waals surface area (Å²) in [4.78, 5) is 35.6. The number of aliphatic imine (C=N–C) groups is 1. The molecular formula is C23H26Cl2N4O2. The fourth-order valence-corrected chi connectivity index (χ4v) is 3.86. The molecule has 1 aliphatic rings. The van der Waals surface area contributed by atoms with Crippen molar-refractivity contribution >= 4 is 40.7 Å². The van der Waals surface area contributed by atoms with Crippen molar-refractivity contribution in [3.8, 4) is 0 Å². The second kappa shape index (κ2) is 11.3. The van der Waals surface area contributed by atoms with Crippen LogP contribution in [-0.2, 0) is 22.4 Å². The van der Waals surface area contributed by atoms with E-state index in [2.05, 4.69) is 15.3 Å². The lowest BCUT2D eigenvalue weighted by Gasteiger charge is -2.13. The second-order valence-corrected chi connectivity index (χ2v) is 8.23. The Morgan fingerprint density at radius 3 is 2.65 bits per heavy atom. The lowest BCUT2D eigenvalue weighted by atomic mass is 10.1. The second-order valence-electron chi connectivity index (χ2n) is 7.41. The largest absolute Gasteiger partial charge is 0.355 e. The highest BCUT2D eigenvalue weighted by Gasteiger charge is 2.40. The Bertz CT molecular complexity index is 950. The molecule has 2 amide bonds. The van der Waals surface area contributed by atoms with Gasteiger partial charge in [-0.25, -0.2) is 0 Å². The molecule has 2 aromatic rings. The number of aromatic nitrogens is 1. The lowest BCUT2D eigenvalue weighted by molar-refractivity contribution is -0.123. The van der Waals surface area contributed by atoms with Crippen LogP contribution in [0.5, 0.6) is 0 Å². The maximum Gasteiger partial charge on any atom is 0.268 e. The van der Waals surface area contributed by atoms with E-state index >= 15 is 0 Å². The molecule has 2 heterocycles. The van der Waals surface area contributed by atoms with Crippen LogP contribution in [0.2, 0.25) is 10.0 Å². The van der Waals surface area contributed by atoms with Crippen molar-refractivity contribution in [1.29, 1.82) is 0 Å². The SMILES string of the molecule is CCN1CC(C(=O)NCCCc2ccc(Cl)c(Cl)c2)C(=NCCc2ccncc2)C1=O. The van der Waals surface area contributed by atoms with Crippen molar-refractivity contribution in [3.63, 3.8) is 0 Å². The summed E-state index contributed by atoms with van der Waals surface area (Å²) in [5.41, 5.74) is 2.52. The highest BCUT2D eigenvalue weighted by molar-refractivity contribution is 6.45. The highest BCUT2D eigenvalue weighted by atomic mass is 35.5. The molecule has 1 fully saturated rings. The van der Waals surface area contributed by atoms with E-state index < -0.39 is 5.92 Å². The number of hydrogen-bond donors (Lipinski definition) is 1. The molecular weight excluding hydrogens is 435 g/mol. The lowest BCUT2D eigenvalue weighted by Crippen LogP contribution is -2.36. The number of pyridine rings is 1. The number of likely N-dealkylation sites (tertiary alicyclic amines) is 1. The number of carbonyl (C=O) groups is 2. The summed E-state index contributed by atoms with van der Waals surface area (Å²) in [5.74, 6) is -0.829. The van der Waals surface area contributed by atoms with Crippen LogP contribution in [0.15, 0.2) is 47.7 Å². The van der Waals surface area contributed by atoms with Gasteiger partial charge in [-0.05, 0) is 61.6 Å². The van der Waals surface area contributed by atoms with E-state index in [0.29, 0.717) is 48.4 Å². The number of carbonyl (C=O) groups excluding carboxylic acids is 2. The fraction of sp³-hybridized carbons (Fsp3) is 0.391. The smallest absolute Gasteiger partial charge is 0.268 e. The van der Waals surface area contributed by atoms with E-state index in [1.54, 1.807) is 23.4 Å². The van der Waals surface area contributed by atoms with Crippen LogP contribution >= 0.6 is 23.2 Å². The van der Waals surface area contributed by atoms with Crippen molar-refractivity contribution in [2.45, 2.75) is 26.2 Å². The van der Waals surface area contributed by atoms with Gasteiger partial charge < -0.3 is 10.2 Å². The number of aryl methyl sites for hydroxylation is 1. The molecule has 0 saturated carbocycles. The number of amides is 2. The first-order valence-corrected chi connectivity index (χ1v) is 11.2. The third-order valence-electron chi connectivity index (χ3n) is 5.30. The van der Waals surface area contributed by atoms with Gasteiger partial charge in [0, 0.05) is 38.6 Å². The van der Waals surface area contributed by atoms with Crippen molar-refractivity contribution < 1.29 is 9.59 Å². The Hall–Kier alpha value is -2.44. The summed E-state index contributed by atoms with van der Waals surface area (Å²) in [6, 6.07) is 9.39. The minimum atomic E-state index is -0.533. The van der Waals surface area contributed by atoms with Crippen LogP contribution in [0.4, 0.5) is 0 Å². The van der Waals surface area contributed by atoms with Crippen molar-refractivity contribution in [2.24, 2.45) is 10.9 Å². The van der Waals surface area contributed by atoms with Gasteiger partial charge in [-0.15, -0.1) is 0 Å². The van der Waals surface area contributed by atoms with Gasteiger partial charge >= 0.3 is 0 Å². The summed E-state index contributed by atoms with van der Waals surface area (Å²) < 4.78 is 0. The van der Waals surface area contributed by atoms with Crippen LogP contribution in [0, 0.1) is 5.92 Å². The zero-order valence-electron chi connectivity index (χ0n) is 17.5. The van der Waals surface area contributed by atoms with Crippen LogP contribution in [0.25, 0.3) is 0 Å². The molecule has 0 radical (unpaired) electrons. The van der Waals surface area contributed by atoms with Crippen molar-refractivity contribution in [2.75, 3.05) is 26.2 Å². The Morgan fingerprint density at radius 2 is 1.94 bits per heavy atom. The molecule has 1 unspecified atom stereocenters. The number of nitrogens with one attached hydrogen (secondary N) is 1. The van der Waals surface area contributed by atoms with Crippen LogP contribution < -0.4 is 5.32 Å². The van der Waals surface area contributed by atoms with Crippen LogP contribution in [0.3, 0.4) is 0 Å². The first-order valence-electron chi connectivity index (χ1n) is 10.4. The van der Waals surface area contributed by atoms with Gasteiger partial charge in [0.1, 0.15) is 11.6 Å². The molecule has 1 saturated heterocycles. The molecule has 8 heteroatoms. The number of rotatable bonds is 9. The molecule has 31 heavy (non-hydrogen) atoms. The van der Waals surface area contributed by atoms with E-state index in [9.17, 15) is 9.59 Å². The van der Waals surface area contributed by atoms with Gasteiger partial charge in [-0.3, -0.25) is 19.6 Å². The Kier molecular flexibility index (Phi) is 8.43. The molecule has 1 N–H and O–H groups in total. The van der Waals surface area contributed by atoms with E-state index in [1.807, 2.05) is 31.2 Å². The van der Waals surface area contributed by atoms with Gasteiger partial charge in [0.25, 0.3) is 5.91 Å². The topological polar surface area (TPSA) is 74.7 Å². The van der Waals surface area contributed by atoms with E-state index in [-0.39, 0.29) is 11.8 Å². The van der Waals surface area contributed by atoms with Gasteiger partial charge in [-0.2, -0.15) is 0 Å². The molecule has 6 nitrogen and oxygen atoms in total. The third-order valence-corrected chi connectivity index (χ3v) is 6.03. The van der Waals surface area contributed by atoms with E-state index in [0.717, 1.165) is 24.0 Å².